The lowest BCUT2D eigenvalue weighted by Crippen LogP contribution is -2.43. The van der Waals surface area contributed by atoms with Crippen LogP contribution in [0.4, 0.5) is 4.39 Å². The Morgan fingerprint density at radius 2 is 2.05 bits per heavy atom. The molecule has 2 N–H and O–H groups in total. The van der Waals surface area contributed by atoms with E-state index in [1.54, 1.807) is 0 Å². The Hall–Kier alpha value is -0.690. The number of sulfonamides is 1. The molecule has 1 aromatic carbocycles. The molecule has 20 heavy (non-hydrogen) atoms. The summed E-state index contributed by atoms with van der Waals surface area (Å²) in [5.74, 6) is -0.669. The first-order chi connectivity index (χ1) is 9.44. The van der Waals surface area contributed by atoms with Gasteiger partial charge in [-0.15, -0.1) is 0 Å². The second-order valence-electron chi connectivity index (χ2n) is 5.03. The van der Waals surface area contributed by atoms with Crippen LogP contribution < -0.4 is 4.72 Å². The van der Waals surface area contributed by atoms with E-state index in [0.29, 0.717) is 6.42 Å². The standard InChI is InChI=1S/C13H17ClFNO3S/c14-11-7-10(15)5-6-13(11)20(18,19)16-12-4-2-1-3-9(12)8-17/h5-7,9,12,16-17H,1-4,8H2. The normalized spacial score (nSPS) is 23.8. The van der Waals surface area contributed by atoms with Crippen LogP contribution in [-0.2, 0) is 10.0 Å². The van der Waals surface area contributed by atoms with Crippen molar-refractivity contribution in [3.8, 4) is 0 Å². The molecule has 0 aliphatic heterocycles. The van der Waals surface area contributed by atoms with Crippen LogP contribution in [0.5, 0.6) is 0 Å². The topological polar surface area (TPSA) is 66.4 Å². The molecule has 1 saturated carbocycles. The van der Waals surface area contributed by atoms with E-state index >= 15 is 0 Å². The van der Waals surface area contributed by atoms with Crippen molar-refractivity contribution in [2.75, 3.05) is 6.61 Å². The van der Waals surface area contributed by atoms with Crippen LogP contribution in [0.2, 0.25) is 5.02 Å². The van der Waals surface area contributed by atoms with Crippen LogP contribution in [0.1, 0.15) is 25.7 Å². The predicted octanol–water partition coefficient (Wildman–Crippen LogP) is 2.31. The number of nitrogens with one attached hydrogen (secondary N) is 1. The highest BCUT2D eigenvalue weighted by molar-refractivity contribution is 7.89. The van der Waals surface area contributed by atoms with E-state index in [1.165, 1.54) is 0 Å². The van der Waals surface area contributed by atoms with Gasteiger partial charge >= 0.3 is 0 Å². The van der Waals surface area contributed by atoms with Gasteiger partial charge < -0.3 is 5.11 Å². The highest BCUT2D eigenvalue weighted by Gasteiger charge is 2.30. The average molecular weight is 322 g/mol. The predicted molar refractivity (Wildman–Crippen MR) is 74.6 cm³/mol. The van der Waals surface area contributed by atoms with Crippen molar-refractivity contribution in [3.63, 3.8) is 0 Å². The molecule has 7 heteroatoms. The average Bonchev–Trinajstić information content (AvgIpc) is 2.38. The summed E-state index contributed by atoms with van der Waals surface area (Å²) in [5.41, 5.74) is 0. The van der Waals surface area contributed by atoms with Gasteiger partial charge in [-0.2, -0.15) is 0 Å². The largest absolute Gasteiger partial charge is 0.396 e. The van der Waals surface area contributed by atoms with E-state index in [1.807, 2.05) is 0 Å². The van der Waals surface area contributed by atoms with Crippen molar-refractivity contribution in [3.05, 3.63) is 29.0 Å². The van der Waals surface area contributed by atoms with Gasteiger partial charge in [0.15, 0.2) is 0 Å². The zero-order chi connectivity index (χ0) is 14.8. The fourth-order valence-corrected chi connectivity index (χ4v) is 4.41. The van der Waals surface area contributed by atoms with Gasteiger partial charge in [0.2, 0.25) is 10.0 Å². The smallest absolute Gasteiger partial charge is 0.242 e. The Balaban J connectivity index is 2.22. The third kappa shape index (κ3) is 3.49. The second-order valence-corrected chi connectivity index (χ2v) is 7.12. The monoisotopic (exact) mass is 321 g/mol. The van der Waals surface area contributed by atoms with Gasteiger partial charge in [-0.25, -0.2) is 17.5 Å². The Labute approximate surface area is 123 Å². The maximum atomic E-state index is 13.0. The van der Waals surface area contributed by atoms with Gasteiger partial charge in [-0.05, 0) is 37.0 Å². The Kier molecular flexibility index (Phi) is 5.01. The van der Waals surface area contributed by atoms with Crippen LogP contribution in [0, 0.1) is 11.7 Å². The molecule has 0 saturated heterocycles. The first kappa shape index (κ1) is 15.7. The van der Waals surface area contributed by atoms with E-state index in [2.05, 4.69) is 4.72 Å². The van der Waals surface area contributed by atoms with Gasteiger partial charge in [0.05, 0.1) is 5.02 Å². The van der Waals surface area contributed by atoms with Crippen molar-refractivity contribution in [2.45, 2.75) is 36.6 Å². The molecule has 0 aromatic heterocycles. The zero-order valence-corrected chi connectivity index (χ0v) is 12.4. The van der Waals surface area contributed by atoms with E-state index in [9.17, 15) is 17.9 Å². The van der Waals surface area contributed by atoms with E-state index in [4.69, 9.17) is 11.6 Å². The molecule has 112 valence electrons. The number of hydrogen-bond acceptors (Lipinski definition) is 3. The molecule has 0 amide bonds. The van der Waals surface area contributed by atoms with Gasteiger partial charge in [0.25, 0.3) is 0 Å². The van der Waals surface area contributed by atoms with E-state index in [-0.39, 0.29) is 28.5 Å². The molecular formula is C13H17ClFNO3S. The third-order valence-corrected chi connectivity index (χ3v) is 5.61. The number of aliphatic hydroxyl groups is 1. The molecule has 0 radical (unpaired) electrons. The van der Waals surface area contributed by atoms with Crippen molar-refractivity contribution in [2.24, 2.45) is 5.92 Å². The molecule has 0 heterocycles. The van der Waals surface area contributed by atoms with Gasteiger partial charge in [-0.1, -0.05) is 24.4 Å². The van der Waals surface area contributed by atoms with Crippen molar-refractivity contribution in [1.82, 2.24) is 4.72 Å². The Morgan fingerprint density at radius 1 is 1.35 bits per heavy atom. The number of benzene rings is 1. The number of aliphatic hydroxyl groups excluding tert-OH is 1. The molecule has 4 nitrogen and oxygen atoms in total. The van der Waals surface area contributed by atoms with Crippen LogP contribution in [-0.4, -0.2) is 26.2 Å². The fraction of sp³-hybridized carbons (Fsp3) is 0.538. The van der Waals surface area contributed by atoms with Crippen LogP contribution in [0.3, 0.4) is 0 Å². The van der Waals surface area contributed by atoms with Crippen molar-refractivity contribution >= 4 is 21.6 Å². The zero-order valence-electron chi connectivity index (χ0n) is 10.9. The summed E-state index contributed by atoms with van der Waals surface area (Å²) in [5, 5.41) is 9.16. The molecule has 1 aromatic rings. The SMILES string of the molecule is O=S(=O)(NC1CCCCC1CO)c1ccc(F)cc1Cl. The van der Waals surface area contributed by atoms with Crippen molar-refractivity contribution < 1.29 is 17.9 Å². The fourth-order valence-electron chi connectivity index (χ4n) is 2.54. The molecule has 0 spiro atoms. The van der Waals surface area contributed by atoms with Crippen LogP contribution >= 0.6 is 11.6 Å². The lowest BCUT2D eigenvalue weighted by molar-refractivity contribution is 0.164. The molecule has 1 fully saturated rings. The summed E-state index contributed by atoms with van der Waals surface area (Å²) in [6.45, 7) is -0.0513. The highest BCUT2D eigenvalue weighted by atomic mass is 35.5. The molecular weight excluding hydrogens is 305 g/mol. The summed E-state index contributed by atoms with van der Waals surface area (Å²) < 4.78 is 40.1. The maximum absolute atomic E-state index is 13.0. The molecule has 1 aliphatic carbocycles. The number of hydrogen-bond donors (Lipinski definition) is 2. The summed E-state index contributed by atoms with van der Waals surface area (Å²) >= 11 is 5.79. The Morgan fingerprint density at radius 3 is 2.70 bits per heavy atom. The quantitative estimate of drug-likeness (QED) is 0.894. The van der Waals surface area contributed by atoms with Crippen LogP contribution in [0.15, 0.2) is 23.1 Å². The molecule has 0 bridgehead atoms. The Bertz CT molecular complexity index is 579. The van der Waals surface area contributed by atoms with Crippen molar-refractivity contribution in [1.29, 1.82) is 0 Å². The third-order valence-electron chi connectivity index (χ3n) is 3.63. The highest BCUT2D eigenvalue weighted by Crippen LogP contribution is 2.27. The minimum atomic E-state index is -3.81. The lowest BCUT2D eigenvalue weighted by Gasteiger charge is -2.30. The van der Waals surface area contributed by atoms with Crippen LogP contribution in [0.25, 0.3) is 0 Å². The van der Waals surface area contributed by atoms with Gasteiger partial charge in [0, 0.05) is 12.6 Å². The number of halogens is 2. The molecule has 2 atom stereocenters. The summed E-state index contributed by atoms with van der Waals surface area (Å²) in [6.07, 6.45) is 3.38. The summed E-state index contributed by atoms with van der Waals surface area (Å²) in [7, 11) is -3.81. The molecule has 2 unspecified atom stereocenters. The summed E-state index contributed by atoms with van der Waals surface area (Å²) in [4.78, 5) is -0.136. The van der Waals surface area contributed by atoms with Gasteiger partial charge in [0.1, 0.15) is 10.7 Å². The van der Waals surface area contributed by atoms with E-state index in [0.717, 1.165) is 37.5 Å². The number of rotatable bonds is 4. The molecule has 2 rings (SSSR count). The van der Waals surface area contributed by atoms with E-state index < -0.39 is 15.8 Å². The maximum Gasteiger partial charge on any atom is 0.242 e. The van der Waals surface area contributed by atoms with Gasteiger partial charge in [-0.3, -0.25) is 0 Å². The molecule has 1 aliphatic rings. The second kappa shape index (κ2) is 6.39. The lowest BCUT2D eigenvalue weighted by atomic mass is 9.86. The summed E-state index contributed by atoms with van der Waals surface area (Å²) in [6, 6.07) is 2.88. The first-order valence-electron chi connectivity index (χ1n) is 6.52. The minimum absolute atomic E-state index is 0.0513. The first-order valence-corrected chi connectivity index (χ1v) is 8.38. The minimum Gasteiger partial charge on any atom is -0.396 e.